The number of hydrogen-bond acceptors (Lipinski definition) is 5. The van der Waals surface area contributed by atoms with Gasteiger partial charge in [-0.3, -0.25) is 14.4 Å². The number of amides is 3. The van der Waals surface area contributed by atoms with Crippen LogP contribution in [0.3, 0.4) is 0 Å². The summed E-state index contributed by atoms with van der Waals surface area (Å²) in [5, 5.41) is 4.76. The number of alkyl carbamates (subject to hydrolysis) is 1. The highest BCUT2D eigenvalue weighted by atomic mass is 19.4. The van der Waals surface area contributed by atoms with Crippen molar-refractivity contribution < 1.29 is 37.1 Å². The number of ketones is 1. The Hall–Kier alpha value is -3.11. The third kappa shape index (κ3) is 8.46. The minimum atomic E-state index is -5.12. The fraction of sp³-hybridized carbons (Fsp3) is 0.630. The molecule has 0 radical (unpaired) electrons. The highest BCUT2D eigenvalue weighted by Gasteiger charge is 2.45. The molecule has 0 aliphatic heterocycles. The molecule has 1 aromatic carbocycles. The summed E-state index contributed by atoms with van der Waals surface area (Å²) in [6.07, 6.45) is -5.06. The lowest BCUT2D eigenvalue weighted by Crippen LogP contribution is -2.58. The minimum Gasteiger partial charge on any atom is -0.444 e. The molecule has 1 aromatic rings. The molecule has 0 saturated heterocycles. The van der Waals surface area contributed by atoms with Crippen LogP contribution in [0.25, 0.3) is 0 Å². The van der Waals surface area contributed by atoms with Crippen molar-refractivity contribution in [1.82, 2.24) is 15.5 Å². The molecule has 1 unspecified atom stereocenters. The van der Waals surface area contributed by atoms with Gasteiger partial charge in [0.1, 0.15) is 11.6 Å². The summed E-state index contributed by atoms with van der Waals surface area (Å²) < 4.78 is 44.6. The average molecular weight is 542 g/mol. The molecule has 2 atom stereocenters. The summed E-state index contributed by atoms with van der Waals surface area (Å²) in [7, 11) is 0. The van der Waals surface area contributed by atoms with Crippen molar-refractivity contribution >= 4 is 23.7 Å². The fourth-order valence-corrected chi connectivity index (χ4v) is 4.35. The number of carbonyl (C=O) groups is 4. The zero-order valence-corrected chi connectivity index (χ0v) is 22.9. The highest BCUT2D eigenvalue weighted by molar-refractivity contribution is 5.95. The Morgan fingerprint density at radius 3 is 1.84 bits per heavy atom. The normalized spacial score (nSPS) is 15.6. The van der Waals surface area contributed by atoms with Crippen molar-refractivity contribution in [3.63, 3.8) is 0 Å². The number of carbonyl (C=O) groups excluding carboxylic acids is 4. The van der Waals surface area contributed by atoms with Gasteiger partial charge in [-0.2, -0.15) is 13.2 Å². The zero-order chi connectivity index (χ0) is 29.0. The quantitative estimate of drug-likeness (QED) is 0.495. The molecule has 0 bridgehead atoms. The molecular formula is C27H38F3N3O5. The standard InChI is InChI=1S/C27H38F3N3O5/c1-15(2)21(23(35)27(28,29)30)31-20(34)14-33(19-12-17-10-8-9-11-18(17)13-19)24(36)22(16(3)4)32-25(37)38-26(5,6)7/h8-11,15-16,19,21-22H,12-14H2,1-7H3,(H,31,34)(H,32,37)/t21?,22-/m0/s1. The van der Waals surface area contributed by atoms with Gasteiger partial charge >= 0.3 is 12.3 Å². The summed E-state index contributed by atoms with van der Waals surface area (Å²) in [4.78, 5) is 52.5. The van der Waals surface area contributed by atoms with Crippen LogP contribution in [0.1, 0.15) is 59.6 Å². The van der Waals surface area contributed by atoms with E-state index in [9.17, 15) is 32.3 Å². The van der Waals surface area contributed by atoms with Crippen molar-refractivity contribution in [2.45, 2.75) is 91.2 Å². The van der Waals surface area contributed by atoms with Gasteiger partial charge in [0.25, 0.3) is 5.78 Å². The second-order valence-electron chi connectivity index (χ2n) is 11.3. The van der Waals surface area contributed by atoms with Crippen LogP contribution in [0.4, 0.5) is 18.0 Å². The number of ether oxygens (including phenoxy) is 1. The maximum Gasteiger partial charge on any atom is 0.452 e. The van der Waals surface area contributed by atoms with Crippen LogP contribution in [-0.2, 0) is 32.0 Å². The van der Waals surface area contributed by atoms with Crippen molar-refractivity contribution in [2.24, 2.45) is 11.8 Å². The summed E-state index contributed by atoms with van der Waals surface area (Å²) >= 11 is 0. The predicted octanol–water partition coefficient (Wildman–Crippen LogP) is 3.80. The second kappa shape index (κ2) is 12.2. The summed E-state index contributed by atoms with van der Waals surface area (Å²) in [5.74, 6) is -4.74. The number of rotatable bonds is 9. The number of benzene rings is 1. The van der Waals surface area contributed by atoms with E-state index < -0.39 is 66.1 Å². The van der Waals surface area contributed by atoms with E-state index in [1.165, 1.54) is 18.7 Å². The Morgan fingerprint density at radius 1 is 0.921 bits per heavy atom. The van der Waals surface area contributed by atoms with Crippen LogP contribution in [0, 0.1) is 11.8 Å². The van der Waals surface area contributed by atoms with Crippen LogP contribution < -0.4 is 10.6 Å². The van der Waals surface area contributed by atoms with E-state index in [1.54, 1.807) is 34.6 Å². The monoisotopic (exact) mass is 541 g/mol. The molecule has 11 heteroatoms. The molecule has 0 heterocycles. The number of alkyl halides is 3. The minimum absolute atomic E-state index is 0.389. The van der Waals surface area contributed by atoms with Crippen LogP contribution in [0.2, 0.25) is 0 Å². The van der Waals surface area contributed by atoms with E-state index in [0.29, 0.717) is 12.8 Å². The third-order valence-corrected chi connectivity index (χ3v) is 6.22. The van der Waals surface area contributed by atoms with Gasteiger partial charge in [0, 0.05) is 6.04 Å². The molecule has 2 rings (SSSR count). The Kier molecular flexibility index (Phi) is 9.96. The lowest BCUT2D eigenvalue weighted by atomic mass is 9.99. The molecule has 1 aliphatic rings. The number of nitrogens with zero attached hydrogens (tertiary/aromatic N) is 1. The molecule has 8 nitrogen and oxygen atoms in total. The second-order valence-corrected chi connectivity index (χ2v) is 11.3. The van der Waals surface area contributed by atoms with E-state index >= 15 is 0 Å². The first-order valence-electron chi connectivity index (χ1n) is 12.7. The lowest BCUT2D eigenvalue weighted by Gasteiger charge is -2.34. The van der Waals surface area contributed by atoms with E-state index in [4.69, 9.17) is 4.74 Å². The summed E-state index contributed by atoms with van der Waals surface area (Å²) in [5.41, 5.74) is 1.17. The van der Waals surface area contributed by atoms with Gasteiger partial charge in [-0.1, -0.05) is 52.0 Å². The lowest BCUT2D eigenvalue weighted by molar-refractivity contribution is -0.175. The largest absolute Gasteiger partial charge is 0.452 e. The molecule has 1 aliphatic carbocycles. The SMILES string of the molecule is CC(C)C(NC(=O)CN(C(=O)[C@@H](NC(=O)OC(C)(C)C)C(C)C)C1Cc2ccccc2C1)C(=O)C(F)(F)F. The number of nitrogens with one attached hydrogen (secondary N) is 2. The van der Waals surface area contributed by atoms with E-state index in [0.717, 1.165) is 11.1 Å². The van der Waals surface area contributed by atoms with Gasteiger partial charge in [-0.25, -0.2) is 4.79 Å². The number of fused-ring (bicyclic) bond motifs is 1. The maximum atomic E-state index is 13.8. The van der Waals surface area contributed by atoms with Crippen molar-refractivity contribution in [1.29, 1.82) is 0 Å². The van der Waals surface area contributed by atoms with Crippen LogP contribution in [-0.4, -0.2) is 65.0 Å². The molecular weight excluding hydrogens is 503 g/mol. The Morgan fingerprint density at radius 2 is 1.42 bits per heavy atom. The Bertz CT molecular complexity index is 1010. The Balaban J connectivity index is 2.33. The highest BCUT2D eigenvalue weighted by Crippen LogP contribution is 2.27. The number of halogens is 3. The zero-order valence-electron chi connectivity index (χ0n) is 22.9. The van der Waals surface area contributed by atoms with Gasteiger partial charge in [-0.05, 0) is 56.6 Å². The van der Waals surface area contributed by atoms with Crippen LogP contribution >= 0.6 is 0 Å². The molecule has 0 fully saturated rings. The smallest absolute Gasteiger partial charge is 0.444 e. The molecule has 0 spiro atoms. The maximum absolute atomic E-state index is 13.8. The summed E-state index contributed by atoms with van der Waals surface area (Å²) in [6, 6.07) is 4.22. The molecule has 212 valence electrons. The van der Waals surface area contributed by atoms with Gasteiger partial charge in [0.15, 0.2) is 0 Å². The van der Waals surface area contributed by atoms with Gasteiger partial charge in [-0.15, -0.1) is 0 Å². The topological polar surface area (TPSA) is 105 Å². The first-order chi connectivity index (χ1) is 17.4. The van der Waals surface area contributed by atoms with Crippen molar-refractivity contribution in [3.8, 4) is 0 Å². The van der Waals surface area contributed by atoms with Crippen molar-refractivity contribution in [3.05, 3.63) is 35.4 Å². The fourth-order valence-electron chi connectivity index (χ4n) is 4.35. The first-order valence-corrected chi connectivity index (χ1v) is 12.7. The predicted molar refractivity (Wildman–Crippen MR) is 135 cm³/mol. The molecule has 0 saturated carbocycles. The van der Waals surface area contributed by atoms with E-state index in [-0.39, 0.29) is 5.92 Å². The average Bonchev–Trinajstić information content (AvgIpc) is 3.20. The van der Waals surface area contributed by atoms with E-state index in [1.807, 2.05) is 24.3 Å². The van der Waals surface area contributed by atoms with E-state index in [2.05, 4.69) is 10.6 Å². The third-order valence-electron chi connectivity index (χ3n) is 6.22. The van der Waals surface area contributed by atoms with Gasteiger partial charge in [0.2, 0.25) is 11.8 Å². The molecule has 38 heavy (non-hydrogen) atoms. The van der Waals surface area contributed by atoms with Crippen LogP contribution in [0.15, 0.2) is 24.3 Å². The molecule has 0 aromatic heterocycles. The Labute approximate surface area is 221 Å². The van der Waals surface area contributed by atoms with Gasteiger partial charge in [0.05, 0.1) is 12.6 Å². The molecule has 2 N–H and O–H groups in total. The van der Waals surface area contributed by atoms with Crippen molar-refractivity contribution in [2.75, 3.05) is 6.54 Å². The molecule has 3 amide bonds. The first kappa shape index (κ1) is 31.1. The van der Waals surface area contributed by atoms with Crippen LogP contribution in [0.5, 0.6) is 0 Å². The number of Topliss-reactive ketones (excluding diaryl/α,β-unsaturated/α-hetero) is 1. The van der Waals surface area contributed by atoms with Gasteiger partial charge < -0.3 is 20.3 Å². The summed E-state index contributed by atoms with van der Waals surface area (Å²) in [6.45, 7) is 10.7. The number of hydrogen-bond donors (Lipinski definition) is 2.